The smallest absolute Gasteiger partial charge is 0.0326 e. The van der Waals surface area contributed by atoms with Crippen LogP contribution in [0.3, 0.4) is 0 Å². The Hall–Kier alpha value is 0. The van der Waals surface area contributed by atoms with Gasteiger partial charge < -0.3 is 0 Å². The molecule has 104 valence electrons. The first kappa shape index (κ1) is 17.0. The molecule has 0 aliphatic rings. The SMILES string of the molecule is CCC(C)CCCCC(C)(C)C(C)C(C)CC. The van der Waals surface area contributed by atoms with Crippen LogP contribution in [0.4, 0.5) is 0 Å². The number of unbranched alkanes of at least 4 members (excludes halogenated alkanes) is 1. The van der Waals surface area contributed by atoms with E-state index in [0.717, 1.165) is 17.8 Å². The highest BCUT2D eigenvalue weighted by atomic mass is 14.3. The van der Waals surface area contributed by atoms with Crippen molar-refractivity contribution in [1.82, 2.24) is 0 Å². The van der Waals surface area contributed by atoms with Gasteiger partial charge in [-0.1, -0.05) is 80.6 Å². The van der Waals surface area contributed by atoms with E-state index < -0.39 is 0 Å². The second-order valence-corrected chi connectivity index (χ2v) is 6.92. The van der Waals surface area contributed by atoms with Crippen molar-refractivity contribution in [1.29, 1.82) is 0 Å². The number of rotatable bonds is 9. The fraction of sp³-hybridized carbons (Fsp3) is 1.00. The van der Waals surface area contributed by atoms with Gasteiger partial charge in [0, 0.05) is 0 Å². The molecule has 0 saturated heterocycles. The Morgan fingerprint density at radius 2 is 1.47 bits per heavy atom. The molecule has 0 amide bonds. The molecule has 0 saturated carbocycles. The summed E-state index contributed by atoms with van der Waals surface area (Å²) in [6.45, 7) is 16.8. The molecular weight excluding hydrogens is 204 g/mol. The van der Waals surface area contributed by atoms with Crippen LogP contribution in [0, 0.1) is 23.2 Å². The maximum Gasteiger partial charge on any atom is -0.0326 e. The summed E-state index contributed by atoms with van der Waals surface area (Å²) >= 11 is 0. The van der Waals surface area contributed by atoms with Crippen molar-refractivity contribution in [3.63, 3.8) is 0 Å². The van der Waals surface area contributed by atoms with Gasteiger partial charge in [-0.15, -0.1) is 0 Å². The Bertz CT molecular complexity index is 180. The summed E-state index contributed by atoms with van der Waals surface area (Å²) in [5.41, 5.74) is 0.519. The van der Waals surface area contributed by atoms with Gasteiger partial charge in [-0.05, 0) is 29.6 Å². The molecule has 3 unspecified atom stereocenters. The van der Waals surface area contributed by atoms with Gasteiger partial charge in [-0.3, -0.25) is 0 Å². The van der Waals surface area contributed by atoms with Crippen LogP contribution >= 0.6 is 0 Å². The average molecular weight is 240 g/mol. The van der Waals surface area contributed by atoms with Crippen LogP contribution in [0.5, 0.6) is 0 Å². The first-order valence-corrected chi connectivity index (χ1v) is 7.85. The minimum absolute atomic E-state index is 0.519. The summed E-state index contributed by atoms with van der Waals surface area (Å²) in [6, 6.07) is 0. The van der Waals surface area contributed by atoms with E-state index in [1.807, 2.05) is 0 Å². The van der Waals surface area contributed by atoms with E-state index in [9.17, 15) is 0 Å². The molecule has 0 heteroatoms. The first-order valence-electron chi connectivity index (χ1n) is 7.85. The molecule has 0 nitrogen and oxygen atoms in total. The molecule has 0 aromatic carbocycles. The summed E-state index contributed by atoms with van der Waals surface area (Å²) < 4.78 is 0. The lowest BCUT2D eigenvalue weighted by Crippen LogP contribution is -2.26. The van der Waals surface area contributed by atoms with E-state index in [-0.39, 0.29) is 0 Å². The fourth-order valence-electron chi connectivity index (χ4n) is 2.63. The van der Waals surface area contributed by atoms with Crippen LogP contribution < -0.4 is 0 Å². The Labute approximate surface area is 111 Å². The highest BCUT2D eigenvalue weighted by Crippen LogP contribution is 2.38. The topological polar surface area (TPSA) is 0 Å². The van der Waals surface area contributed by atoms with E-state index in [0.29, 0.717) is 5.41 Å². The standard InChI is InChI=1S/C17H36/c1-8-14(3)12-10-11-13-17(6,7)16(5)15(4)9-2/h14-16H,8-13H2,1-7H3. The number of hydrogen-bond acceptors (Lipinski definition) is 0. The summed E-state index contributed by atoms with van der Waals surface area (Å²) in [7, 11) is 0. The molecule has 0 radical (unpaired) electrons. The Morgan fingerprint density at radius 3 is 1.94 bits per heavy atom. The molecular formula is C17H36. The monoisotopic (exact) mass is 240 g/mol. The summed E-state index contributed by atoms with van der Waals surface area (Å²) in [5, 5.41) is 0. The van der Waals surface area contributed by atoms with Crippen LogP contribution in [0.25, 0.3) is 0 Å². The molecule has 0 heterocycles. The van der Waals surface area contributed by atoms with Crippen LogP contribution in [-0.2, 0) is 0 Å². The first-order chi connectivity index (χ1) is 7.85. The minimum atomic E-state index is 0.519. The lowest BCUT2D eigenvalue weighted by molar-refractivity contribution is 0.144. The summed E-state index contributed by atoms with van der Waals surface area (Å²) in [6.07, 6.45) is 8.31. The molecule has 0 aromatic heterocycles. The molecule has 0 aliphatic heterocycles. The summed E-state index contributed by atoms with van der Waals surface area (Å²) in [4.78, 5) is 0. The van der Waals surface area contributed by atoms with Crippen molar-refractivity contribution < 1.29 is 0 Å². The lowest BCUT2D eigenvalue weighted by Gasteiger charge is -2.36. The molecule has 0 N–H and O–H groups in total. The van der Waals surface area contributed by atoms with Gasteiger partial charge in [-0.2, -0.15) is 0 Å². The van der Waals surface area contributed by atoms with Crippen molar-refractivity contribution in [2.75, 3.05) is 0 Å². The maximum absolute atomic E-state index is 2.47. The third kappa shape index (κ3) is 6.48. The van der Waals surface area contributed by atoms with Crippen LogP contribution in [-0.4, -0.2) is 0 Å². The normalized spacial score (nSPS) is 17.8. The van der Waals surface area contributed by atoms with Crippen molar-refractivity contribution >= 4 is 0 Å². The van der Waals surface area contributed by atoms with Gasteiger partial charge in [0.15, 0.2) is 0 Å². The van der Waals surface area contributed by atoms with Gasteiger partial charge in [0.2, 0.25) is 0 Å². The highest BCUT2D eigenvalue weighted by Gasteiger charge is 2.28. The number of hydrogen-bond donors (Lipinski definition) is 0. The highest BCUT2D eigenvalue weighted by molar-refractivity contribution is 4.78. The molecule has 0 spiro atoms. The molecule has 0 bridgehead atoms. The predicted octanol–water partition coefficient (Wildman–Crippen LogP) is 6.30. The van der Waals surface area contributed by atoms with Crippen LogP contribution in [0.2, 0.25) is 0 Å². The summed E-state index contributed by atoms with van der Waals surface area (Å²) in [5.74, 6) is 2.63. The average Bonchev–Trinajstić information content (AvgIpc) is 2.32. The van der Waals surface area contributed by atoms with Gasteiger partial charge in [-0.25, -0.2) is 0 Å². The second-order valence-electron chi connectivity index (χ2n) is 6.92. The molecule has 0 fully saturated rings. The molecule has 0 aromatic rings. The van der Waals surface area contributed by atoms with Crippen LogP contribution in [0.1, 0.15) is 87.0 Å². The van der Waals surface area contributed by atoms with Gasteiger partial charge in [0.1, 0.15) is 0 Å². The third-order valence-electron chi connectivity index (χ3n) is 5.20. The maximum atomic E-state index is 2.47. The van der Waals surface area contributed by atoms with Gasteiger partial charge in [0.25, 0.3) is 0 Å². The van der Waals surface area contributed by atoms with Gasteiger partial charge in [0.05, 0.1) is 0 Å². The third-order valence-corrected chi connectivity index (χ3v) is 5.20. The zero-order valence-corrected chi connectivity index (χ0v) is 13.5. The zero-order valence-electron chi connectivity index (χ0n) is 13.5. The predicted molar refractivity (Wildman–Crippen MR) is 80.3 cm³/mol. The van der Waals surface area contributed by atoms with E-state index in [2.05, 4.69) is 48.5 Å². The largest absolute Gasteiger partial charge is 0.0651 e. The molecule has 3 atom stereocenters. The van der Waals surface area contributed by atoms with E-state index in [4.69, 9.17) is 0 Å². The molecule has 0 aliphatic carbocycles. The molecule has 0 rings (SSSR count). The fourth-order valence-corrected chi connectivity index (χ4v) is 2.63. The van der Waals surface area contributed by atoms with E-state index in [1.54, 1.807) is 0 Å². The van der Waals surface area contributed by atoms with Crippen molar-refractivity contribution in [2.24, 2.45) is 23.2 Å². The van der Waals surface area contributed by atoms with Crippen LogP contribution in [0.15, 0.2) is 0 Å². The van der Waals surface area contributed by atoms with Crippen molar-refractivity contribution in [3.05, 3.63) is 0 Å². The minimum Gasteiger partial charge on any atom is -0.0651 e. The zero-order chi connectivity index (χ0) is 13.5. The van der Waals surface area contributed by atoms with E-state index >= 15 is 0 Å². The quantitative estimate of drug-likeness (QED) is 0.415. The second kappa shape index (κ2) is 8.16. The van der Waals surface area contributed by atoms with Gasteiger partial charge >= 0.3 is 0 Å². The molecule has 17 heavy (non-hydrogen) atoms. The Balaban J connectivity index is 3.92. The van der Waals surface area contributed by atoms with Crippen molar-refractivity contribution in [3.8, 4) is 0 Å². The Morgan fingerprint density at radius 1 is 0.882 bits per heavy atom. The lowest BCUT2D eigenvalue weighted by atomic mass is 9.70. The van der Waals surface area contributed by atoms with E-state index in [1.165, 1.54) is 38.5 Å². The van der Waals surface area contributed by atoms with Crippen molar-refractivity contribution in [2.45, 2.75) is 87.0 Å². The Kier molecular flexibility index (Phi) is 8.16.